The van der Waals surface area contributed by atoms with E-state index in [2.05, 4.69) is 10.2 Å². The largest absolute Gasteiger partial charge is 0.465 e. The van der Waals surface area contributed by atoms with E-state index < -0.39 is 6.09 Å². The number of anilines is 1. The number of hydrogen-bond acceptors (Lipinski definition) is 3. The highest BCUT2D eigenvalue weighted by atomic mass is 16.4. The Morgan fingerprint density at radius 3 is 3.12 bits per heavy atom. The summed E-state index contributed by atoms with van der Waals surface area (Å²) in [4.78, 5) is 12.8. The molecular formula is C12H17N3O2. The van der Waals surface area contributed by atoms with E-state index in [-0.39, 0.29) is 6.04 Å². The Morgan fingerprint density at radius 2 is 2.41 bits per heavy atom. The highest BCUT2D eigenvalue weighted by Crippen LogP contribution is 2.15. The highest BCUT2D eigenvalue weighted by Gasteiger charge is 2.23. The Hall–Kier alpha value is -1.75. The lowest BCUT2D eigenvalue weighted by Gasteiger charge is -2.16. The van der Waals surface area contributed by atoms with Gasteiger partial charge in [0.25, 0.3) is 0 Å². The van der Waals surface area contributed by atoms with E-state index in [1.165, 1.54) is 5.56 Å². The molecule has 0 unspecified atom stereocenters. The summed E-state index contributed by atoms with van der Waals surface area (Å²) in [6, 6.07) is 7.84. The Kier molecular flexibility index (Phi) is 3.49. The number of nitrogens with two attached hydrogens (primary N) is 1. The zero-order valence-electron chi connectivity index (χ0n) is 9.60. The maximum absolute atomic E-state index is 10.5. The summed E-state index contributed by atoms with van der Waals surface area (Å²) in [5.41, 5.74) is 7.65. The van der Waals surface area contributed by atoms with Crippen molar-refractivity contribution in [2.45, 2.75) is 19.0 Å². The van der Waals surface area contributed by atoms with Gasteiger partial charge in [0.05, 0.1) is 0 Å². The van der Waals surface area contributed by atoms with Gasteiger partial charge in [0, 0.05) is 31.4 Å². The van der Waals surface area contributed by atoms with Crippen molar-refractivity contribution < 1.29 is 9.90 Å². The number of nitrogens with zero attached hydrogens (tertiary/aromatic N) is 1. The summed E-state index contributed by atoms with van der Waals surface area (Å²) in [6.45, 7) is 2.50. The summed E-state index contributed by atoms with van der Waals surface area (Å²) < 4.78 is 0. The molecule has 0 saturated carbocycles. The van der Waals surface area contributed by atoms with E-state index >= 15 is 0 Å². The molecule has 1 atom stereocenters. The fraction of sp³-hybridized carbons (Fsp3) is 0.417. The first-order valence-corrected chi connectivity index (χ1v) is 5.70. The number of carboxylic acid groups (broad SMARTS) is 1. The third-order valence-corrected chi connectivity index (χ3v) is 2.96. The van der Waals surface area contributed by atoms with Crippen molar-refractivity contribution in [2.24, 2.45) is 0 Å². The van der Waals surface area contributed by atoms with Gasteiger partial charge in [-0.3, -0.25) is 4.90 Å². The molecule has 17 heavy (non-hydrogen) atoms. The predicted molar refractivity (Wildman–Crippen MR) is 65.7 cm³/mol. The average molecular weight is 235 g/mol. The van der Waals surface area contributed by atoms with Crippen molar-refractivity contribution in [1.29, 1.82) is 0 Å². The molecule has 1 heterocycles. The van der Waals surface area contributed by atoms with Gasteiger partial charge in [-0.15, -0.1) is 0 Å². The van der Waals surface area contributed by atoms with E-state index in [9.17, 15) is 4.79 Å². The normalized spacial score (nSPS) is 20.4. The second-order valence-corrected chi connectivity index (χ2v) is 4.42. The molecule has 2 rings (SSSR count). The van der Waals surface area contributed by atoms with Crippen molar-refractivity contribution in [2.75, 3.05) is 18.8 Å². The second kappa shape index (κ2) is 5.05. The van der Waals surface area contributed by atoms with E-state index in [1.807, 2.05) is 24.3 Å². The third-order valence-electron chi connectivity index (χ3n) is 2.96. The van der Waals surface area contributed by atoms with Crippen LogP contribution in [0.25, 0.3) is 0 Å². The van der Waals surface area contributed by atoms with Gasteiger partial charge in [0.2, 0.25) is 0 Å². The van der Waals surface area contributed by atoms with Crippen molar-refractivity contribution in [1.82, 2.24) is 10.2 Å². The van der Waals surface area contributed by atoms with Gasteiger partial charge in [-0.2, -0.15) is 0 Å². The van der Waals surface area contributed by atoms with Crippen molar-refractivity contribution in [3.8, 4) is 0 Å². The van der Waals surface area contributed by atoms with Crippen molar-refractivity contribution in [3.05, 3.63) is 29.8 Å². The Balaban J connectivity index is 1.87. The molecule has 0 aromatic heterocycles. The van der Waals surface area contributed by atoms with Gasteiger partial charge in [-0.1, -0.05) is 12.1 Å². The zero-order valence-corrected chi connectivity index (χ0v) is 9.60. The Bertz CT molecular complexity index is 408. The van der Waals surface area contributed by atoms with Crippen LogP contribution in [0.1, 0.15) is 12.0 Å². The number of carbonyl (C=O) groups is 1. The lowest BCUT2D eigenvalue weighted by Crippen LogP contribution is -2.35. The number of amides is 1. The van der Waals surface area contributed by atoms with Crippen LogP contribution in [0.4, 0.5) is 10.5 Å². The van der Waals surface area contributed by atoms with Crippen LogP contribution < -0.4 is 11.1 Å². The molecule has 0 radical (unpaired) electrons. The molecule has 1 aromatic rings. The first kappa shape index (κ1) is 11.7. The molecule has 1 amide bonds. The van der Waals surface area contributed by atoms with Gasteiger partial charge in [-0.05, 0) is 24.1 Å². The van der Waals surface area contributed by atoms with E-state index in [1.54, 1.807) is 0 Å². The molecule has 1 aliphatic heterocycles. The lowest BCUT2D eigenvalue weighted by molar-refractivity contribution is 0.189. The summed E-state index contributed by atoms with van der Waals surface area (Å²) in [5.74, 6) is 0. The molecule has 5 heteroatoms. The minimum atomic E-state index is -0.944. The first-order chi connectivity index (χ1) is 8.13. The predicted octanol–water partition coefficient (Wildman–Crippen LogP) is 1.11. The Labute approximate surface area is 100 Å². The van der Waals surface area contributed by atoms with E-state index in [4.69, 9.17) is 10.8 Å². The van der Waals surface area contributed by atoms with Gasteiger partial charge in [0.1, 0.15) is 0 Å². The topological polar surface area (TPSA) is 78.6 Å². The quantitative estimate of drug-likeness (QED) is 0.686. The van der Waals surface area contributed by atoms with Gasteiger partial charge in [-0.25, -0.2) is 4.79 Å². The first-order valence-electron chi connectivity index (χ1n) is 5.70. The smallest absolute Gasteiger partial charge is 0.404 e. The van der Waals surface area contributed by atoms with E-state index in [0.29, 0.717) is 0 Å². The molecule has 92 valence electrons. The summed E-state index contributed by atoms with van der Waals surface area (Å²) >= 11 is 0. The van der Waals surface area contributed by atoms with Crippen LogP contribution in [0, 0.1) is 0 Å². The number of benzene rings is 1. The number of nitrogens with one attached hydrogen (secondary N) is 1. The third kappa shape index (κ3) is 3.35. The molecule has 1 fully saturated rings. The van der Waals surface area contributed by atoms with Crippen LogP contribution in [-0.2, 0) is 6.54 Å². The van der Waals surface area contributed by atoms with Crippen LogP contribution in [0.3, 0.4) is 0 Å². The summed E-state index contributed by atoms with van der Waals surface area (Å²) in [5, 5.41) is 11.2. The van der Waals surface area contributed by atoms with Crippen molar-refractivity contribution in [3.63, 3.8) is 0 Å². The number of likely N-dealkylation sites (tertiary alicyclic amines) is 1. The zero-order chi connectivity index (χ0) is 12.3. The Morgan fingerprint density at radius 1 is 1.59 bits per heavy atom. The van der Waals surface area contributed by atoms with Gasteiger partial charge >= 0.3 is 6.09 Å². The van der Waals surface area contributed by atoms with Gasteiger partial charge in [0.15, 0.2) is 0 Å². The van der Waals surface area contributed by atoms with Crippen LogP contribution in [0.2, 0.25) is 0 Å². The molecule has 4 N–H and O–H groups in total. The second-order valence-electron chi connectivity index (χ2n) is 4.42. The van der Waals surface area contributed by atoms with Crippen LogP contribution >= 0.6 is 0 Å². The molecule has 1 aromatic carbocycles. The molecule has 1 aliphatic rings. The van der Waals surface area contributed by atoms with Gasteiger partial charge < -0.3 is 16.2 Å². The highest BCUT2D eigenvalue weighted by molar-refractivity contribution is 5.64. The molecule has 0 bridgehead atoms. The molecular weight excluding hydrogens is 218 g/mol. The van der Waals surface area contributed by atoms with Crippen LogP contribution in [0.5, 0.6) is 0 Å². The maximum Gasteiger partial charge on any atom is 0.404 e. The fourth-order valence-electron chi connectivity index (χ4n) is 2.22. The van der Waals surface area contributed by atoms with E-state index in [0.717, 1.165) is 31.7 Å². The summed E-state index contributed by atoms with van der Waals surface area (Å²) in [6.07, 6.45) is -0.0740. The average Bonchev–Trinajstić information content (AvgIpc) is 2.64. The number of nitrogen functional groups attached to an aromatic ring is 1. The standard InChI is InChI=1S/C12H17N3O2/c13-10-3-1-2-9(6-10)7-15-5-4-11(8-15)14-12(16)17/h1-3,6,11,14H,4-5,7-8,13H2,(H,16,17)/t11-/m1/s1. The van der Waals surface area contributed by atoms with Crippen LogP contribution in [-0.4, -0.2) is 35.2 Å². The minimum absolute atomic E-state index is 0.0496. The summed E-state index contributed by atoms with van der Waals surface area (Å²) in [7, 11) is 0. The van der Waals surface area contributed by atoms with Crippen LogP contribution in [0.15, 0.2) is 24.3 Å². The monoisotopic (exact) mass is 235 g/mol. The number of rotatable bonds is 3. The molecule has 1 saturated heterocycles. The lowest BCUT2D eigenvalue weighted by atomic mass is 10.2. The molecule has 0 aliphatic carbocycles. The SMILES string of the molecule is Nc1cccc(CN2CC[C@@H](NC(=O)O)C2)c1. The molecule has 0 spiro atoms. The van der Waals surface area contributed by atoms with Crippen molar-refractivity contribution >= 4 is 11.8 Å². The fourth-order valence-corrected chi connectivity index (χ4v) is 2.22. The maximum atomic E-state index is 10.5. The number of hydrogen-bond donors (Lipinski definition) is 3. The molecule has 5 nitrogen and oxygen atoms in total. The minimum Gasteiger partial charge on any atom is -0.465 e.